The average Bonchev–Trinajstić information content (AvgIpc) is 2.38. The van der Waals surface area contributed by atoms with E-state index in [9.17, 15) is 5.11 Å². The van der Waals surface area contributed by atoms with Crippen LogP contribution in [-0.2, 0) is 4.74 Å². The Morgan fingerprint density at radius 1 is 1.32 bits per heavy atom. The second kappa shape index (κ2) is 8.23. The van der Waals surface area contributed by atoms with Gasteiger partial charge in [-0.15, -0.1) is 0 Å². The van der Waals surface area contributed by atoms with Gasteiger partial charge in [0.2, 0.25) is 0 Å². The first kappa shape index (κ1) is 16.9. The number of rotatable bonds is 8. The Balaban J connectivity index is 2.34. The topological polar surface area (TPSA) is 41.5 Å². The van der Waals surface area contributed by atoms with Gasteiger partial charge in [-0.05, 0) is 32.1 Å². The van der Waals surface area contributed by atoms with Crippen LogP contribution in [0.3, 0.4) is 0 Å². The predicted molar refractivity (Wildman–Crippen MR) is 80.4 cm³/mol. The van der Waals surface area contributed by atoms with Crippen LogP contribution in [0.15, 0.2) is 0 Å². The molecule has 0 spiro atoms. The summed E-state index contributed by atoms with van der Waals surface area (Å²) in [6, 6.07) is 0.384. The fourth-order valence-corrected chi connectivity index (χ4v) is 3.19. The highest BCUT2D eigenvalue weighted by Crippen LogP contribution is 2.29. The molecule has 3 nitrogen and oxygen atoms in total. The number of aliphatic hydroxyl groups is 1. The highest BCUT2D eigenvalue weighted by Gasteiger charge is 2.27. The third-order valence-corrected chi connectivity index (χ3v) is 4.34. The Kier molecular flexibility index (Phi) is 7.33. The molecule has 19 heavy (non-hydrogen) atoms. The number of hydrogen-bond acceptors (Lipinski definition) is 3. The van der Waals surface area contributed by atoms with E-state index in [2.05, 4.69) is 33.0 Å². The summed E-state index contributed by atoms with van der Waals surface area (Å²) in [6.45, 7) is 9.49. The van der Waals surface area contributed by atoms with Gasteiger partial charge < -0.3 is 15.2 Å². The first-order valence-corrected chi connectivity index (χ1v) is 8.01. The van der Waals surface area contributed by atoms with Crippen molar-refractivity contribution in [3.05, 3.63) is 0 Å². The zero-order valence-electron chi connectivity index (χ0n) is 13.2. The SMILES string of the molecule is CCC1CCCCC1OCCC(C)(CO)NC(C)C. The van der Waals surface area contributed by atoms with E-state index in [1.54, 1.807) is 0 Å². The number of nitrogens with one attached hydrogen (secondary N) is 1. The molecule has 114 valence electrons. The molecule has 3 unspecified atom stereocenters. The zero-order chi connectivity index (χ0) is 14.3. The molecule has 0 aromatic heterocycles. The molecule has 0 aromatic carbocycles. The summed E-state index contributed by atoms with van der Waals surface area (Å²) in [5.41, 5.74) is -0.218. The normalized spacial score (nSPS) is 27.5. The van der Waals surface area contributed by atoms with Crippen molar-refractivity contribution in [2.24, 2.45) is 5.92 Å². The van der Waals surface area contributed by atoms with Gasteiger partial charge in [0.25, 0.3) is 0 Å². The van der Waals surface area contributed by atoms with Gasteiger partial charge in [0, 0.05) is 18.2 Å². The third-order valence-electron chi connectivity index (χ3n) is 4.34. The Morgan fingerprint density at radius 3 is 2.58 bits per heavy atom. The standard InChI is InChI=1S/C16H33NO2/c1-5-14-8-6-7-9-15(14)19-11-10-16(4,12-18)17-13(2)3/h13-15,17-18H,5-12H2,1-4H3. The van der Waals surface area contributed by atoms with Gasteiger partial charge in [0.05, 0.1) is 12.7 Å². The molecule has 0 aliphatic heterocycles. The van der Waals surface area contributed by atoms with E-state index in [4.69, 9.17) is 4.74 Å². The molecule has 3 heteroatoms. The first-order valence-electron chi connectivity index (χ1n) is 8.01. The summed E-state index contributed by atoms with van der Waals surface area (Å²) in [7, 11) is 0. The average molecular weight is 271 g/mol. The zero-order valence-corrected chi connectivity index (χ0v) is 13.2. The van der Waals surface area contributed by atoms with Crippen molar-refractivity contribution in [3.63, 3.8) is 0 Å². The van der Waals surface area contributed by atoms with Crippen molar-refractivity contribution in [3.8, 4) is 0 Å². The van der Waals surface area contributed by atoms with Crippen molar-refractivity contribution in [1.29, 1.82) is 0 Å². The van der Waals surface area contributed by atoms with Crippen LogP contribution >= 0.6 is 0 Å². The molecule has 1 aliphatic rings. The van der Waals surface area contributed by atoms with Crippen LogP contribution in [0.4, 0.5) is 0 Å². The van der Waals surface area contributed by atoms with Gasteiger partial charge in [0.1, 0.15) is 0 Å². The molecule has 1 rings (SSSR count). The molecule has 0 amide bonds. The Hall–Kier alpha value is -0.120. The minimum Gasteiger partial charge on any atom is -0.394 e. The summed E-state index contributed by atoms with van der Waals surface area (Å²) in [4.78, 5) is 0. The number of aliphatic hydroxyl groups excluding tert-OH is 1. The largest absolute Gasteiger partial charge is 0.394 e. The van der Waals surface area contributed by atoms with Crippen molar-refractivity contribution in [2.45, 2.75) is 83.9 Å². The maximum absolute atomic E-state index is 9.55. The van der Waals surface area contributed by atoms with Gasteiger partial charge in [-0.25, -0.2) is 0 Å². The van der Waals surface area contributed by atoms with Crippen LogP contribution in [0.1, 0.15) is 66.2 Å². The molecule has 3 atom stereocenters. The second-order valence-electron chi connectivity index (χ2n) is 6.63. The summed E-state index contributed by atoms with van der Waals surface area (Å²) in [5, 5.41) is 13.0. The van der Waals surface area contributed by atoms with E-state index < -0.39 is 0 Å². The molecule has 1 saturated carbocycles. The van der Waals surface area contributed by atoms with E-state index >= 15 is 0 Å². The van der Waals surface area contributed by atoms with E-state index in [-0.39, 0.29) is 12.1 Å². The van der Waals surface area contributed by atoms with Crippen molar-refractivity contribution >= 4 is 0 Å². The number of hydrogen-bond donors (Lipinski definition) is 2. The van der Waals surface area contributed by atoms with Gasteiger partial charge >= 0.3 is 0 Å². The van der Waals surface area contributed by atoms with Crippen molar-refractivity contribution in [2.75, 3.05) is 13.2 Å². The lowest BCUT2D eigenvalue weighted by atomic mass is 9.84. The highest BCUT2D eigenvalue weighted by molar-refractivity contribution is 4.84. The van der Waals surface area contributed by atoms with Gasteiger partial charge in [-0.2, -0.15) is 0 Å². The molecule has 0 aromatic rings. The lowest BCUT2D eigenvalue weighted by Crippen LogP contribution is -2.50. The molecule has 0 heterocycles. The molecule has 1 aliphatic carbocycles. The van der Waals surface area contributed by atoms with E-state index in [1.807, 2.05) is 0 Å². The van der Waals surface area contributed by atoms with Crippen molar-refractivity contribution in [1.82, 2.24) is 5.32 Å². The fourth-order valence-electron chi connectivity index (χ4n) is 3.19. The van der Waals surface area contributed by atoms with Crippen LogP contribution in [0.5, 0.6) is 0 Å². The summed E-state index contributed by atoms with van der Waals surface area (Å²) in [5.74, 6) is 0.743. The molecule has 0 saturated heterocycles. The van der Waals surface area contributed by atoms with Crippen LogP contribution in [0.25, 0.3) is 0 Å². The first-order chi connectivity index (χ1) is 9.00. The van der Waals surface area contributed by atoms with Crippen LogP contribution in [-0.4, -0.2) is 36.0 Å². The van der Waals surface area contributed by atoms with Crippen LogP contribution < -0.4 is 5.32 Å². The lowest BCUT2D eigenvalue weighted by molar-refractivity contribution is -0.0238. The third kappa shape index (κ3) is 5.80. The quantitative estimate of drug-likeness (QED) is 0.713. The number of ether oxygens (including phenoxy) is 1. The predicted octanol–water partition coefficient (Wildman–Crippen LogP) is 3.11. The maximum Gasteiger partial charge on any atom is 0.0611 e. The van der Waals surface area contributed by atoms with E-state index in [0.29, 0.717) is 12.1 Å². The Bertz CT molecular complexity index is 245. The molecule has 2 N–H and O–H groups in total. The molecule has 0 bridgehead atoms. The molecular formula is C16H33NO2. The second-order valence-corrected chi connectivity index (χ2v) is 6.63. The maximum atomic E-state index is 9.55. The lowest BCUT2D eigenvalue weighted by Gasteiger charge is -2.34. The Labute approximate surface area is 119 Å². The van der Waals surface area contributed by atoms with Crippen LogP contribution in [0.2, 0.25) is 0 Å². The summed E-state index contributed by atoms with van der Waals surface area (Å²) in [6.07, 6.45) is 7.75. The summed E-state index contributed by atoms with van der Waals surface area (Å²) < 4.78 is 6.11. The molecule has 0 radical (unpaired) electrons. The molecule has 1 fully saturated rings. The summed E-state index contributed by atoms with van der Waals surface area (Å²) >= 11 is 0. The highest BCUT2D eigenvalue weighted by atomic mass is 16.5. The van der Waals surface area contributed by atoms with Gasteiger partial charge in [0.15, 0.2) is 0 Å². The monoisotopic (exact) mass is 271 g/mol. The van der Waals surface area contributed by atoms with Gasteiger partial charge in [-0.3, -0.25) is 0 Å². The Morgan fingerprint density at radius 2 is 2.00 bits per heavy atom. The van der Waals surface area contributed by atoms with E-state index in [1.165, 1.54) is 32.1 Å². The van der Waals surface area contributed by atoms with Gasteiger partial charge in [-0.1, -0.05) is 40.0 Å². The smallest absolute Gasteiger partial charge is 0.0611 e. The minimum absolute atomic E-state index is 0.163. The van der Waals surface area contributed by atoms with Crippen LogP contribution in [0, 0.1) is 5.92 Å². The van der Waals surface area contributed by atoms with Crippen molar-refractivity contribution < 1.29 is 9.84 Å². The minimum atomic E-state index is -0.218. The molecular weight excluding hydrogens is 238 g/mol. The van der Waals surface area contributed by atoms with E-state index in [0.717, 1.165) is 18.9 Å². The fraction of sp³-hybridized carbons (Fsp3) is 1.00.